The molecule has 22 heavy (non-hydrogen) atoms. The summed E-state index contributed by atoms with van der Waals surface area (Å²) >= 11 is 0. The monoisotopic (exact) mass is 313 g/mol. The van der Waals surface area contributed by atoms with Gasteiger partial charge >= 0.3 is 0 Å². The van der Waals surface area contributed by atoms with Gasteiger partial charge in [-0.15, -0.1) is 0 Å². The van der Waals surface area contributed by atoms with E-state index in [-0.39, 0.29) is 16.9 Å². The van der Waals surface area contributed by atoms with Gasteiger partial charge in [-0.1, -0.05) is 20.8 Å². The normalized spacial score (nSPS) is 18.5. The topological polar surface area (TPSA) is 44.8 Å². The van der Waals surface area contributed by atoms with Crippen molar-refractivity contribution in [2.45, 2.75) is 46.6 Å². The number of carbonyl (C=O) groups excluding carboxylic acids is 1. The van der Waals surface area contributed by atoms with Crippen LogP contribution in [0, 0.1) is 5.41 Å². The van der Waals surface area contributed by atoms with Crippen LogP contribution in [0.5, 0.6) is 0 Å². The van der Waals surface area contributed by atoms with E-state index in [4.69, 9.17) is 4.74 Å². The van der Waals surface area contributed by atoms with Gasteiger partial charge in [-0.3, -0.25) is 9.69 Å². The zero-order chi connectivity index (χ0) is 16.8. The fourth-order valence-corrected chi connectivity index (χ4v) is 2.38. The number of rotatable bonds is 7. The lowest BCUT2D eigenvalue weighted by Crippen LogP contribution is -2.56. The Morgan fingerprint density at radius 2 is 1.59 bits per heavy atom. The number of amides is 1. The number of hydrogen-bond donors (Lipinski definition) is 1. The highest BCUT2D eigenvalue weighted by atomic mass is 16.5. The van der Waals surface area contributed by atoms with Crippen molar-refractivity contribution in [2.24, 2.45) is 5.41 Å². The molecule has 1 N–H and O–H groups in total. The van der Waals surface area contributed by atoms with Crippen molar-refractivity contribution < 1.29 is 9.53 Å². The summed E-state index contributed by atoms with van der Waals surface area (Å²) in [6, 6.07) is 0. The second-order valence-electron chi connectivity index (χ2n) is 7.89. The lowest BCUT2D eigenvalue weighted by molar-refractivity contribution is -0.125. The summed E-state index contributed by atoms with van der Waals surface area (Å²) in [7, 11) is 1.75. The largest absolute Gasteiger partial charge is 0.385 e. The molecule has 1 aliphatic rings. The zero-order valence-corrected chi connectivity index (χ0v) is 15.4. The van der Waals surface area contributed by atoms with Gasteiger partial charge < -0.3 is 15.0 Å². The summed E-state index contributed by atoms with van der Waals surface area (Å²) in [6.07, 6.45) is 1.08. The van der Waals surface area contributed by atoms with Gasteiger partial charge in [0.05, 0.1) is 6.54 Å². The SMILES string of the molecule is COCCCN1CCN(CC(=O)NC(C)(C)C(C)(C)C)CC1. The summed E-state index contributed by atoms with van der Waals surface area (Å²) in [5.41, 5.74) is -0.158. The highest BCUT2D eigenvalue weighted by molar-refractivity contribution is 5.78. The lowest BCUT2D eigenvalue weighted by atomic mass is 9.76. The quantitative estimate of drug-likeness (QED) is 0.725. The van der Waals surface area contributed by atoms with Crippen molar-refractivity contribution in [1.82, 2.24) is 15.1 Å². The predicted octanol–water partition coefficient (Wildman–Crippen LogP) is 1.58. The van der Waals surface area contributed by atoms with Crippen LogP contribution in [0.3, 0.4) is 0 Å². The number of ether oxygens (including phenoxy) is 1. The molecule has 0 aliphatic carbocycles. The van der Waals surface area contributed by atoms with Crippen LogP contribution in [0.1, 0.15) is 41.0 Å². The smallest absolute Gasteiger partial charge is 0.234 e. The summed E-state index contributed by atoms with van der Waals surface area (Å²) in [5.74, 6) is 0.132. The fourth-order valence-electron chi connectivity index (χ4n) is 2.38. The maximum absolute atomic E-state index is 12.3. The van der Waals surface area contributed by atoms with Gasteiger partial charge in [0.1, 0.15) is 0 Å². The van der Waals surface area contributed by atoms with E-state index in [2.05, 4.69) is 49.7 Å². The second kappa shape index (κ2) is 8.27. The molecule has 0 aromatic rings. The molecule has 0 unspecified atom stereocenters. The molecular weight excluding hydrogens is 278 g/mol. The van der Waals surface area contributed by atoms with E-state index in [0.29, 0.717) is 6.54 Å². The molecule has 5 nitrogen and oxygen atoms in total. The van der Waals surface area contributed by atoms with Crippen molar-refractivity contribution in [3.63, 3.8) is 0 Å². The summed E-state index contributed by atoms with van der Waals surface area (Å²) in [5, 5.41) is 3.19. The van der Waals surface area contributed by atoms with Crippen LogP contribution in [0.15, 0.2) is 0 Å². The highest BCUT2D eigenvalue weighted by Crippen LogP contribution is 2.29. The van der Waals surface area contributed by atoms with Crippen LogP contribution in [0.4, 0.5) is 0 Å². The molecule has 1 aliphatic heterocycles. The van der Waals surface area contributed by atoms with Gasteiger partial charge in [0.2, 0.25) is 5.91 Å². The first kappa shape index (κ1) is 19.4. The lowest BCUT2D eigenvalue weighted by Gasteiger charge is -2.40. The second-order valence-corrected chi connectivity index (χ2v) is 7.89. The molecule has 1 rings (SSSR count). The maximum atomic E-state index is 12.3. The average molecular weight is 313 g/mol. The maximum Gasteiger partial charge on any atom is 0.234 e. The van der Waals surface area contributed by atoms with Gasteiger partial charge in [-0.25, -0.2) is 0 Å². The molecule has 1 saturated heterocycles. The molecule has 5 heteroatoms. The van der Waals surface area contributed by atoms with Crippen LogP contribution < -0.4 is 5.32 Å². The number of hydrogen-bond acceptors (Lipinski definition) is 4. The first-order valence-corrected chi connectivity index (χ1v) is 8.40. The van der Waals surface area contributed by atoms with Crippen LogP contribution in [-0.4, -0.2) is 74.2 Å². The van der Waals surface area contributed by atoms with E-state index < -0.39 is 0 Å². The minimum absolute atomic E-state index is 0.0444. The third kappa shape index (κ3) is 6.23. The van der Waals surface area contributed by atoms with E-state index in [1.165, 1.54) is 0 Å². The number of nitrogens with zero attached hydrogens (tertiary/aromatic N) is 2. The zero-order valence-electron chi connectivity index (χ0n) is 15.4. The summed E-state index contributed by atoms with van der Waals surface area (Å²) in [4.78, 5) is 17.0. The Labute approximate surface area is 136 Å². The van der Waals surface area contributed by atoms with E-state index >= 15 is 0 Å². The molecule has 0 spiro atoms. The molecule has 1 fully saturated rings. The molecule has 0 aromatic heterocycles. The van der Waals surface area contributed by atoms with Crippen molar-refractivity contribution in [3.8, 4) is 0 Å². The molecule has 0 aromatic carbocycles. The molecule has 0 radical (unpaired) electrons. The van der Waals surface area contributed by atoms with E-state index in [9.17, 15) is 4.79 Å². The molecule has 1 amide bonds. The van der Waals surface area contributed by atoms with Crippen LogP contribution in [0.2, 0.25) is 0 Å². The highest BCUT2D eigenvalue weighted by Gasteiger charge is 2.34. The van der Waals surface area contributed by atoms with E-state index in [1.807, 2.05) is 0 Å². The van der Waals surface area contributed by atoms with Gasteiger partial charge in [-0.05, 0) is 25.7 Å². The summed E-state index contributed by atoms with van der Waals surface area (Å²) < 4.78 is 5.09. The third-order valence-corrected chi connectivity index (χ3v) is 4.98. The van der Waals surface area contributed by atoms with Gasteiger partial charge in [0.15, 0.2) is 0 Å². The van der Waals surface area contributed by atoms with Crippen molar-refractivity contribution in [3.05, 3.63) is 0 Å². The van der Waals surface area contributed by atoms with Crippen molar-refractivity contribution in [2.75, 3.05) is 53.0 Å². The third-order valence-electron chi connectivity index (χ3n) is 4.98. The molecule has 130 valence electrons. The summed E-state index contributed by atoms with van der Waals surface area (Å²) in [6.45, 7) is 17.1. The van der Waals surface area contributed by atoms with Crippen molar-refractivity contribution in [1.29, 1.82) is 0 Å². The Kier molecular flexibility index (Phi) is 7.29. The molecule has 0 atom stereocenters. The predicted molar refractivity (Wildman–Crippen MR) is 91.0 cm³/mol. The number of carbonyl (C=O) groups is 1. The number of methoxy groups -OCH3 is 1. The Morgan fingerprint density at radius 3 is 2.09 bits per heavy atom. The Bertz CT molecular complexity index is 342. The molecule has 1 heterocycles. The minimum Gasteiger partial charge on any atom is -0.385 e. The first-order chi connectivity index (χ1) is 10.2. The Morgan fingerprint density at radius 1 is 1.05 bits per heavy atom. The molecule has 0 saturated carbocycles. The number of piperazine rings is 1. The minimum atomic E-state index is -0.202. The van der Waals surface area contributed by atoms with Crippen LogP contribution in [-0.2, 0) is 9.53 Å². The van der Waals surface area contributed by atoms with E-state index in [1.54, 1.807) is 7.11 Å². The standard InChI is InChI=1S/C17H35N3O2/c1-16(2,3)17(4,5)18-15(21)14-20-11-9-19(10-12-20)8-7-13-22-6/h7-14H2,1-6H3,(H,18,21). The number of nitrogens with one attached hydrogen (secondary N) is 1. The van der Waals surface area contributed by atoms with Gasteiger partial charge in [0, 0.05) is 52.0 Å². The Hall–Kier alpha value is -0.650. The fraction of sp³-hybridized carbons (Fsp3) is 0.941. The molecule has 0 bridgehead atoms. The molecular formula is C17H35N3O2. The van der Waals surface area contributed by atoms with Crippen LogP contribution >= 0.6 is 0 Å². The van der Waals surface area contributed by atoms with Crippen LogP contribution in [0.25, 0.3) is 0 Å². The van der Waals surface area contributed by atoms with E-state index in [0.717, 1.165) is 45.8 Å². The van der Waals surface area contributed by atoms with Gasteiger partial charge in [0.25, 0.3) is 0 Å². The Balaban J connectivity index is 2.30. The average Bonchev–Trinajstić information content (AvgIpc) is 2.39. The van der Waals surface area contributed by atoms with Crippen molar-refractivity contribution >= 4 is 5.91 Å². The van der Waals surface area contributed by atoms with Gasteiger partial charge in [-0.2, -0.15) is 0 Å². The first-order valence-electron chi connectivity index (χ1n) is 8.40.